The summed E-state index contributed by atoms with van der Waals surface area (Å²) in [6.07, 6.45) is 1.12. The third-order valence-corrected chi connectivity index (χ3v) is 6.43. The van der Waals surface area contributed by atoms with Gasteiger partial charge in [-0.15, -0.1) is 5.10 Å². The van der Waals surface area contributed by atoms with Crippen LogP contribution in [-0.4, -0.2) is 41.8 Å². The summed E-state index contributed by atoms with van der Waals surface area (Å²) >= 11 is 1.91. The summed E-state index contributed by atoms with van der Waals surface area (Å²) in [5.74, 6) is -0.347. The minimum Gasteiger partial charge on any atom is -0.442 e. The van der Waals surface area contributed by atoms with E-state index in [0.717, 1.165) is 5.32 Å². The molecule has 1 aromatic carbocycles. The zero-order valence-corrected chi connectivity index (χ0v) is 16.8. The molecular weight excluding hydrogens is 442 g/mol. The van der Waals surface area contributed by atoms with E-state index in [9.17, 15) is 9.18 Å². The molecule has 2 heterocycles. The maximum Gasteiger partial charge on any atom is 0.414 e. The van der Waals surface area contributed by atoms with E-state index in [-0.39, 0.29) is 11.9 Å². The number of benzene rings is 1. The highest BCUT2D eigenvalue weighted by Gasteiger charge is 2.33. The molecule has 24 heavy (non-hydrogen) atoms. The molecule has 1 aromatic heterocycles. The zero-order valence-electron chi connectivity index (χ0n) is 13.7. The van der Waals surface area contributed by atoms with Gasteiger partial charge in [-0.25, -0.2) is 13.9 Å². The fourth-order valence-corrected chi connectivity index (χ4v) is 3.64. The van der Waals surface area contributed by atoms with Gasteiger partial charge < -0.3 is 4.74 Å². The molecule has 0 N–H and O–H groups in total. The lowest BCUT2D eigenvalue weighted by Gasteiger charge is -2.13. The monoisotopic (exact) mass is 460 g/mol. The van der Waals surface area contributed by atoms with Crippen LogP contribution in [0.4, 0.5) is 14.9 Å². The van der Waals surface area contributed by atoms with Crippen LogP contribution in [0, 0.1) is 9.39 Å². The summed E-state index contributed by atoms with van der Waals surface area (Å²) in [4.78, 5) is 13.5. The number of amides is 1. The van der Waals surface area contributed by atoms with E-state index >= 15 is 0 Å². The Morgan fingerprint density at radius 1 is 1.42 bits per heavy atom. The number of hydrogen-bond acceptors (Lipinski definition) is 4. The van der Waals surface area contributed by atoms with Crippen LogP contribution in [0.3, 0.4) is 0 Å². The molecular formula is C15H18FIN4O2Si. The van der Waals surface area contributed by atoms with Crippen molar-refractivity contribution >= 4 is 47.8 Å². The van der Waals surface area contributed by atoms with Crippen molar-refractivity contribution in [2.75, 3.05) is 11.4 Å². The van der Waals surface area contributed by atoms with Crippen molar-refractivity contribution in [3.8, 4) is 0 Å². The van der Waals surface area contributed by atoms with E-state index in [0.29, 0.717) is 22.3 Å². The summed E-state index contributed by atoms with van der Waals surface area (Å²) in [5.41, 5.74) is 0.502. The second-order valence-corrected chi connectivity index (χ2v) is 13.0. The van der Waals surface area contributed by atoms with E-state index < -0.39 is 14.2 Å². The summed E-state index contributed by atoms with van der Waals surface area (Å²) in [5, 5.41) is 9.36. The number of anilines is 1. The smallest absolute Gasteiger partial charge is 0.414 e. The fraction of sp³-hybridized carbons (Fsp3) is 0.400. The van der Waals surface area contributed by atoms with Crippen molar-refractivity contribution in [3.05, 3.63) is 33.8 Å². The first kappa shape index (κ1) is 17.3. The molecule has 2 aromatic rings. The van der Waals surface area contributed by atoms with Crippen LogP contribution in [0.1, 0.15) is 0 Å². The lowest BCUT2D eigenvalue weighted by atomic mass is 10.2. The largest absolute Gasteiger partial charge is 0.442 e. The van der Waals surface area contributed by atoms with Gasteiger partial charge in [0.05, 0.1) is 24.1 Å². The Bertz CT molecular complexity index is 777. The molecule has 1 aliphatic rings. The number of aromatic nitrogens is 3. The molecule has 1 saturated heterocycles. The lowest BCUT2D eigenvalue weighted by Crippen LogP contribution is -2.38. The van der Waals surface area contributed by atoms with Crippen molar-refractivity contribution in [1.29, 1.82) is 0 Å². The lowest BCUT2D eigenvalue weighted by molar-refractivity contribution is 0.129. The second kappa shape index (κ2) is 6.43. The van der Waals surface area contributed by atoms with E-state index in [1.165, 1.54) is 11.0 Å². The predicted octanol–water partition coefficient (Wildman–Crippen LogP) is 2.59. The minimum atomic E-state index is -1.51. The standard InChI is InChI=1S/C15H18FIN4O2Si/c1-24(2,3)14-9-20(19-18-14)7-11-8-21(15(22)23-11)10-4-5-13(17)12(16)6-10/h4-6,9,11H,7-8H2,1-3H3/t11-/m0/s1. The summed E-state index contributed by atoms with van der Waals surface area (Å²) in [6.45, 7) is 7.39. The van der Waals surface area contributed by atoms with Crippen LogP contribution in [0.15, 0.2) is 24.4 Å². The molecule has 1 atom stereocenters. The maximum absolute atomic E-state index is 13.7. The average Bonchev–Trinajstić information content (AvgIpc) is 3.09. The first-order valence-electron chi connectivity index (χ1n) is 7.58. The van der Waals surface area contributed by atoms with Crippen molar-refractivity contribution in [2.24, 2.45) is 0 Å². The van der Waals surface area contributed by atoms with Crippen LogP contribution >= 0.6 is 22.6 Å². The van der Waals surface area contributed by atoms with Gasteiger partial charge in [-0.1, -0.05) is 24.9 Å². The SMILES string of the molecule is C[Si](C)(C)c1cn(C[C@H]2CN(c3ccc(I)c(F)c3)C(=O)O2)nn1. The molecule has 128 valence electrons. The molecule has 0 saturated carbocycles. The van der Waals surface area contributed by atoms with Gasteiger partial charge in [0, 0.05) is 9.77 Å². The Morgan fingerprint density at radius 3 is 2.79 bits per heavy atom. The second-order valence-electron chi connectivity index (χ2n) is 6.79. The van der Waals surface area contributed by atoms with Gasteiger partial charge in [0.2, 0.25) is 0 Å². The zero-order chi connectivity index (χ0) is 17.5. The molecule has 1 aliphatic heterocycles. The van der Waals surface area contributed by atoms with Gasteiger partial charge in [-0.3, -0.25) is 4.90 Å². The Labute approximate surface area is 154 Å². The third-order valence-electron chi connectivity index (χ3n) is 3.79. The van der Waals surface area contributed by atoms with Crippen molar-refractivity contribution in [1.82, 2.24) is 15.0 Å². The van der Waals surface area contributed by atoms with E-state index in [1.807, 2.05) is 28.8 Å². The number of hydrogen-bond donors (Lipinski definition) is 0. The van der Waals surface area contributed by atoms with Crippen LogP contribution in [0.2, 0.25) is 19.6 Å². The van der Waals surface area contributed by atoms with Gasteiger partial charge in [0.25, 0.3) is 0 Å². The van der Waals surface area contributed by atoms with Gasteiger partial charge >= 0.3 is 6.09 Å². The van der Waals surface area contributed by atoms with Gasteiger partial charge in [-0.2, -0.15) is 0 Å². The quantitative estimate of drug-likeness (QED) is 0.520. The molecule has 1 fully saturated rings. The van der Waals surface area contributed by atoms with Crippen LogP contribution in [0.5, 0.6) is 0 Å². The molecule has 3 rings (SSSR count). The molecule has 6 nitrogen and oxygen atoms in total. The first-order chi connectivity index (χ1) is 11.2. The van der Waals surface area contributed by atoms with E-state index in [1.54, 1.807) is 16.8 Å². The highest BCUT2D eigenvalue weighted by atomic mass is 127. The highest BCUT2D eigenvalue weighted by Crippen LogP contribution is 2.25. The third kappa shape index (κ3) is 3.61. The first-order valence-corrected chi connectivity index (χ1v) is 12.2. The van der Waals surface area contributed by atoms with E-state index in [4.69, 9.17) is 4.74 Å². The van der Waals surface area contributed by atoms with Crippen LogP contribution in [0.25, 0.3) is 0 Å². The van der Waals surface area contributed by atoms with Crippen LogP contribution < -0.4 is 10.2 Å². The normalized spacial score (nSPS) is 18.1. The van der Waals surface area contributed by atoms with Crippen molar-refractivity contribution < 1.29 is 13.9 Å². The Kier molecular flexibility index (Phi) is 4.64. The number of carbonyl (C=O) groups excluding carboxylic acids is 1. The number of ether oxygens (including phenoxy) is 1. The van der Waals surface area contributed by atoms with Gasteiger partial charge in [0.1, 0.15) is 20.0 Å². The molecule has 0 radical (unpaired) electrons. The molecule has 0 spiro atoms. The minimum absolute atomic E-state index is 0.337. The topological polar surface area (TPSA) is 60.2 Å². The summed E-state index contributed by atoms with van der Waals surface area (Å²) in [7, 11) is -1.51. The number of halogens is 2. The molecule has 0 unspecified atom stereocenters. The summed E-state index contributed by atoms with van der Waals surface area (Å²) in [6, 6.07) is 4.71. The number of nitrogens with zero attached hydrogens (tertiary/aromatic N) is 4. The Morgan fingerprint density at radius 2 is 2.17 bits per heavy atom. The van der Waals surface area contributed by atoms with Crippen LogP contribution in [-0.2, 0) is 11.3 Å². The van der Waals surface area contributed by atoms with Crippen molar-refractivity contribution in [3.63, 3.8) is 0 Å². The fourth-order valence-electron chi connectivity index (χ4n) is 2.42. The van der Waals surface area contributed by atoms with Gasteiger partial charge in [-0.05, 0) is 40.8 Å². The molecule has 0 aliphatic carbocycles. The molecule has 9 heteroatoms. The number of carbonyl (C=O) groups is 1. The summed E-state index contributed by atoms with van der Waals surface area (Å²) < 4.78 is 21.3. The number of cyclic esters (lactones) is 1. The maximum atomic E-state index is 13.7. The Hall–Kier alpha value is -1.49. The van der Waals surface area contributed by atoms with Crippen molar-refractivity contribution in [2.45, 2.75) is 32.3 Å². The molecule has 0 bridgehead atoms. The van der Waals surface area contributed by atoms with E-state index in [2.05, 4.69) is 30.0 Å². The Balaban J connectivity index is 1.70. The van der Waals surface area contributed by atoms with Gasteiger partial charge in [0.15, 0.2) is 0 Å². The highest BCUT2D eigenvalue weighted by molar-refractivity contribution is 14.1. The number of rotatable bonds is 4. The molecule has 1 amide bonds. The average molecular weight is 460 g/mol. The predicted molar refractivity (Wildman–Crippen MR) is 99.7 cm³/mol.